The first-order chi connectivity index (χ1) is 12.2. The number of nitrogens with one attached hydrogen (secondary N) is 1. The van der Waals surface area contributed by atoms with Crippen LogP contribution in [0.3, 0.4) is 0 Å². The van der Waals surface area contributed by atoms with E-state index in [0.717, 1.165) is 32.7 Å². The molecule has 1 amide bonds. The van der Waals surface area contributed by atoms with Crippen molar-refractivity contribution in [3.8, 4) is 6.07 Å². The summed E-state index contributed by atoms with van der Waals surface area (Å²) in [5, 5.41) is 14.3. The number of amides is 1. The first-order valence-electron chi connectivity index (χ1n) is 8.48. The molecule has 1 N–H and O–H groups in total. The highest BCUT2D eigenvalue weighted by molar-refractivity contribution is 7.14. The number of piperazine rings is 1. The number of aryl methyl sites for hydroxylation is 1. The molecule has 0 unspecified atom stereocenters. The fraction of sp³-hybridized carbons (Fsp3) is 0.368. The van der Waals surface area contributed by atoms with Crippen molar-refractivity contribution in [2.75, 3.05) is 42.9 Å². The second kappa shape index (κ2) is 8.15. The maximum atomic E-state index is 12.1. The maximum absolute atomic E-state index is 12.1. The van der Waals surface area contributed by atoms with Gasteiger partial charge in [-0.3, -0.25) is 9.69 Å². The smallest absolute Gasteiger partial charge is 0.226 e. The molecular weight excluding hydrogens is 332 g/mol. The first kappa shape index (κ1) is 17.5. The molecule has 0 atom stereocenters. The Morgan fingerprint density at radius 2 is 2.00 bits per heavy atom. The second-order valence-corrected chi connectivity index (χ2v) is 7.10. The zero-order valence-corrected chi connectivity index (χ0v) is 15.2. The molecule has 25 heavy (non-hydrogen) atoms. The predicted octanol–water partition coefficient (Wildman–Crippen LogP) is 3.08. The summed E-state index contributed by atoms with van der Waals surface area (Å²) in [5.41, 5.74) is 3.14. The molecule has 0 spiro atoms. The topological polar surface area (TPSA) is 59.4 Å². The Morgan fingerprint density at radius 3 is 2.72 bits per heavy atom. The number of carbonyl (C=O) groups is 1. The van der Waals surface area contributed by atoms with Gasteiger partial charge in [-0.15, -0.1) is 11.3 Å². The molecule has 5 nitrogen and oxygen atoms in total. The van der Waals surface area contributed by atoms with Crippen molar-refractivity contribution in [1.82, 2.24) is 4.90 Å². The highest BCUT2D eigenvalue weighted by Gasteiger charge is 2.19. The van der Waals surface area contributed by atoms with Crippen LogP contribution in [0.4, 0.5) is 10.7 Å². The average Bonchev–Trinajstić information content (AvgIpc) is 3.08. The largest absolute Gasteiger partial charge is 0.369 e. The summed E-state index contributed by atoms with van der Waals surface area (Å²) in [6, 6.07) is 12.3. The Labute approximate surface area is 152 Å². The number of hydrogen-bond donors (Lipinski definition) is 1. The van der Waals surface area contributed by atoms with Crippen LogP contribution >= 0.6 is 11.3 Å². The third kappa shape index (κ3) is 4.38. The molecule has 1 aromatic carbocycles. The van der Waals surface area contributed by atoms with E-state index in [2.05, 4.69) is 52.4 Å². The van der Waals surface area contributed by atoms with E-state index >= 15 is 0 Å². The number of rotatable bonds is 5. The number of benzene rings is 1. The Morgan fingerprint density at radius 1 is 1.24 bits per heavy atom. The van der Waals surface area contributed by atoms with Gasteiger partial charge >= 0.3 is 0 Å². The van der Waals surface area contributed by atoms with Crippen molar-refractivity contribution in [1.29, 1.82) is 5.26 Å². The molecule has 1 aliphatic heterocycles. The summed E-state index contributed by atoms with van der Waals surface area (Å²) in [7, 11) is 0. The minimum absolute atomic E-state index is 0.0275. The van der Waals surface area contributed by atoms with Crippen LogP contribution in [0.15, 0.2) is 35.7 Å². The summed E-state index contributed by atoms with van der Waals surface area (Å²) in [6.07, 6.45) is 0.452. The fourth-order valence-corrected chi connectivity index (χ4v) is 3.83. The van der Waals surface area contributed by atoms with Gasteiger partial charge in [0.2, 0.25) is 5.91 Å². The molecule has 2 aromatic rings. The monoisotopic (exact) mass is 354 g/mol. The molecule has 0 aliphatic carbocycles. The summed E-state index contributed by atoms with van der Waals surface area (Å²) in [6.45, 7) is 6.78. The van der Waals surface area contributed by atoms with Crippen LogP contribution in [0.2, 0.25) is 0 Å². The number of para-hydroxylation sites is 1. The van der Waals surface area contributed by atoms with Gasteiger partial charge in [-0.2, -0.15) is 5.26 Å². The van der Waals surface area contributed by atoms with Gasteiger partial charge in [-0.25, -0.2) is 0 Å². The molecule has 6 heteroatoms. The van der Waals surface area contributed by atoms with Crippen molar-refractivity contribution < 1.29 is 4.79 Å². The standard InChI is InChI=1S/C19H22N4OS/c1-15-4-2-3-5-17(15)23-11-9-22(10-12-23)8-6-18(24)21-19-16(14-20)7-13-25-19/h2-5,7,13H,6,8-12H2,1H3,(H,21,24). The van der Waals surface area contributed by atoms with Gasteiger partial charge in [-0.05, 0) is 30.0 Å². The summed E-state index contributed by atoms with van der Waals surface area (Å²) in [4.78, 5) is 16.8. The van der Waals surface area contributed by atoms with E-state index in [9.17, 15) is 4.79 Å². The molecule has 2 heterocycles. The van der Waals surface area contributed by atoms with Crippen molar-refractivity contribution in [2.45, 2.75) is 13.3 Å². The van der Waals surface area contributed by atoms with Gasteiger partial charge in [0.1, 0.15) is 11.1 Å². The highest BCUT2D eigenvalue weighted by Crippen LogP contribution is 2.23. The Bertz CT molecular complexity index is 772. The molecule has 0 saturated carbocycles. The fourth-order valence-electron chi connectivity index (χ4n) is 3.07. The summed E-state index contributed by atoms with van der Waals surface area (Å²) in [5.74, 6) is -0.0275. The summed E-state index contributed by atoms with van der Waals surface area (Å²) < 4.78 is 0. The van der Waals surface area contributed by atoms with Gasteiger partial charge in [0.15, 0.2) is 0 Å². The highest BCUT2D eigenvalue weighted by atomic mass is 32.1. The molecule has 3 rings (SSSR count). The van der Waals surface area contributed by atoms with Crippen LogP contribution in [0.25, 0.3) is 0 Å². The second-order valence-electron chi connectivity index (χ2n) is 6.19. The van der Waals surface area contributed by atoms with E-state index in [1.54, 1.807) is 6.07 Å². The number of anilines is 2. The van der Waals surface area contributed by atoms with E-state index in [4.69, 9.17) is 5.26 Å². The molecule has 0 bridgehead atoms. The van der Waals surface area contributed by atoms with Crippen LogP contribution in [0.1, 0.15) is 17.5 Å². The molecule has 1 aromatic heterocycles. The van der Waals surface area contributed by atoms with Gasteiger partial charge in [0.05, 0.1) is 5.56 Å². The number of hydrogen-bond acceptors (Lipinski definition) is 5. The molecule has 130 valence electrons. The minimum Gasteiger partial charge on any atom is -0.369 e. The zero-order valence-electron chi connectivity index (χ0n) is 14.4. The Hall–Kier alpha value is -2.36. The normalized spacial score (nSPS) is 15.0. The van der Waals surface area contributed by atoms with Gasteiger partial charge in [0.25, 0.3) is 0 Å². The van der Waals surface area contributed by atoms with Crippen LogP contribution in [-0.4, -0.2) is 43.5 Å². The third-order valence-corrected chi connectivity index (χ3v) is 5.35. The molecule has 1 saturated heterocycles. The van der Waals surface area contributed by atoms with Gasteiger partial charge < -0.3 is 10.2 Å². The zero-order chi connectivity index (χ0) is 17.6. The first-order valence-corrected chi connectivity index (χ1v) is 9.35. The SMILES string of the molecule is Cc1ccccc1N1CCN(CCC(=O)Nc2sccc2C#N)CC1. The van der Waals surface area contributed by atoms with E-state index in [-0.39, 0.29) is 5.91 Å². The lowest BCUT2D eigenvalue weighted by molar-refractivity contribution is -0.116. The van der Waals surface area contributed by atoms with Crippen molar-refractivity contribution in [2.24, 2.45) is 0 Å². The third-order valence-electron chi connectivity index (χ3n) is 4.52. The Kier molecular flexibility index (Phi) is 5.69. The molecule has 1 fully saturated rings. The van der Waals surface area contributed by atoms with Gasteiger partial charge in [-0.1, -0.05) is 18.2 Å². The van der Waals surface area contributed by atoms with Crippen molar-refractivity contribution in [3.63, 3.8) is 0 Å². The lowest BCUT2D eigenvalue weighted by Crippen LogP contribution is -2.47. The predicted molar refractivity (Wildman–Crippen MR) is 102 cm³/mol. The van der Waals surface area contributed by atoms with Crippen molar-refractivity contribution in [3.05, 3.63) is 46.8 Å². The number of thiophene rings is 1. The average molecular weight is 354 g/mol. The summed E-state index contributed by atoms with van der Waals surface area (Å²) >= 11 is 1.39. The minimum atomic E-state index is -0.0275. The van der Waals surface area contributed by atoms with E-state index in [1.807, 2.05) is 5.38 Å². The van der Waals surface area contributed by atoms with Crippen LogP contribution in [0.5, 0.6) is 0 Å². The number of nitrogens with zero attached hydrogens (tertiary/aromatic N) is 3. The van der Waals surface area contributed by atoms with Crippen LogP contribution in [-0.2, 0) is 4.79 Å². The van der Waals surface area contributed by atoms with E-state index < -0.39 is 0 Å². The Balaban J connectivity index is 1.44. The van der Waals surface area contributed by atoms with Crippen LogP contribution < -0.4 is 10.2 Å². The van der Waals surface area contributed by atoms with Crippen LogP contribution in [0, 0.1) is 18.3 Å². The lowest BCUT2D eigenvalue weighted by atomic mass is 10.1. The molecule has 1 aliphatic rings. The maximum Gasteiger partial charge on any atom is 0.226 e. The molecule has 0 radical (unpaired) electrons. The number of nitriles is 1. The quantitative estimate of drug-likeness (QED) is 0.896. The number of carbonyl (C=O) groups excluding carboxylic acids is 1. The van der Waals surface area contributed by atoms with E-state index in [0.29, 0.717) is 17.0 Å². The van der Waals surface area contributed by atoms with E-state index in [1.165, 1.54) is 22.6 Å². The molecular formula is C19H22N4OS. The van der Waals surface area contributed by atoms with Gasteiger partial charge in [0, 0.05) is 44.8 Å². The van der Waals surface area contributed by atoms with Crippen molar-refractivity contribution >= 4 is 27.9 Å². The lowest BCUT2D eigenvalue weighted by Gasteiger charge is -2.36.